The van der Waals surface area contributed by atoms with Crippen molar-refractivity contribution >= 4 is 5.91 Å². The van der Waals surface area contributed by atoms with Crippen molar-refractivity contribution in [1.29, 1.82) is 0 Å². The smallest absolute Gasteiger partial charge is 0.248 e. The second kappa shape index (κ2) is 5.13. The molecule has 0 saturated heterocycles. The molecule has 66 valence electrons. The lowest BCUT2D eigenvalue weighted by Crippen LogP contribution is -2.35. The van der Waals surface area contributed by atoms with Gasteiger partial charge in [-0.3, -0.25) is 4.79 Å². The highest BCUT2D eigenvalue weighted by Crippen LogP contribution is 1.97. The summed E-state index contributed by atoms with van der Waals surface area (Å²) >= 11 is 0. The zero-order chi connectivity index (χ0) is 8.85. The minimum Gasteiger partial charge on any atom is -0.387 e. The second-order valence-electron chi connectivity index (χ2n) is 2.98. The van der Waals surface area contributed by atoms with E-state index < -0.39 is 0 Å². The third-order valence-electron chi connectivity index (χ3n) is 1.46. The van der Waals surface area contributed by atoms with E-state index in [-0.39, 0.29) is 12.5 Å². The second-order valence-corrected chi connectivity index (χ2v) is 2.98. The summed E-state index contributed by atoms with van der Waals surface area (Å²) in [7, 11) is 0. The van der Waals surface area contributed by atoms with Gasteiger partial charge in [0.2, 0.25) is 5.91 Å². The van der Waals surface area contributed by atoms with E-state index in [1.165, 1.54) is 0 Å². The first-order valence-electron chi connectivity index (χ1n) is 4.00. The van der Waals surface area contributed by atoms with Gasteiger partial charge in [-0.15, -0.1) is 0 Å². The first kappa shape index (κ1) is 10.4. The number of amides is 1. The number of carbonyl (C=O) groups excluding carboxylic acids is 1. The van der Waals surface area contributed by atoms with Crippen LogP contribution in [0.4, 0.5) is 0 Å². The summed E-state index contributed by atoms with van der Waals surface area (Å²) in [5, 5.41) is 8.56. The largest absolute Gasteiger partial charge is 0.387 e. The molecule has 1 amide bonds. The summed E-state index contributed by atoms with van der Waals surface area (Å²) in [6.07, 6.45) is 0. The maximum absolute atomic E-state index is 11.0. The summed E-state index contributed by atoms with van der Waals surface area (Å²) < 4.78 is 0. The van der Waals surface area contributed by atoms with Gasteiger partial charge in [-0.2, -0.15) is 0 Å². The maximum Gasteiger partial charge on any atom is 0.248 e. The Labute approximate surface area is 68.0 Å². The molecule has 1 N–H and O–H groups in total. The van der Waals surface area contributed by atoms with Gasteiger partial charge in [0.25, 0.3) is 0 Å². The number of carbonyl (C=O) groups is 1. The monoisotopic (exact) mass is 159 g/mol. The van der Waals surface area contributed by atoms with E-state index in [4.69, 9.17) is 5.11 Å². The van der Waals surface area contributed by atoms with Gasteiger partial charge in [-0.1, -0.05) is 13.8 Å². The Kier molecular flexibility index (Phi) is 4.86. The van der Waals surface area contributed by atoms with Crippen LogP contribution in [0.1, 0.15) is 20.8 Å². The predicted octanol–water partition coefficient (Wildman–Crippen LogP) is 0.483. The number of likely N-dealkylation sites (N-methyl/N-ethyl adjacent to an activating group) is 1. The van der Waals surface area contributed by atoms with Crippen molar-refractivity contribution in [3.05, 3.63) is 0 Å². The highest BCUT2D eigenvalue weighted by atomic mass is 16.3. The lowest BCUT2D eigenvalue weighted by atomic mass is 10.2. The molecule has 0 rings (SSSR count). The summed E-state index contributed by atoms with van der Waals surface area (Å²) in [6, 6.07) is 0. The van der Waals surface area contributed by atoms with Crippen LogP contribution in [0.3, 0.4) is 0 Å². The van der Waals surface area contributed by atoms with Crippen molar-refractivity contribution in [2.24, 2.45) is 5.92 Å². The van der Waals surface area contributed by atoms with E-state index >= 15 is 0 Å². The van der Waals surface area contributed by atoms with Gasteiger partial charge in [-0.05, 0) is 12.8 Å². The Hall–Kier alpha value is -0.570. The van der Waals surface area contributed by atoms with E-state index in [0.29, 0.717) is 12.5 Å². The van der Waals surface area contributed by atoms with E-state index in [0.717, 1.165) is 6.54 Å². The number of aliphatic hydroxyl groups is 1. The Morgan fingerprint density at radius 1 is 1.55 bits per heavy atom. The van der Waals surface area contributed by atoms with Crippen molar-refractivity contribution in [2.75, 3.05) is 19.7 Å². The molecule has 3 heteroatoms. The summed E-state index contributed by atoms with van der Waals surface area (Å²) in [5.41, 5.74) is 0. The van der Waals surface area contributed by atoms with Crippen molar-refractivity contribution in [2.45, 2.75) is 20.8 Å². The Balaban J connectivity index is 3.84. The van der Waals surface area contributed by atoms with Crippen molar-refractivity contribution < 1.29 is 9.90 Å². The lowest BCUT2D eigenvalue weighted by Gasteiger charge is -2.21. The van der Waals surface area contributed by atoms with Crippen molar-refractivity contribution in [1.82, 2.24) is 4.90 Å². The van der Waals surface area contributed by atoms with E-state index in [1.807, 2.05) is 20.8 Å². The maximum atomic E-state index is 11.0. The molecule has 0 bridgehead atoms. The fourth-order valence-corrected chi connectivity index (χ4v) is 0.948. The highest BCUT2D eigenvalue weighted by molar-refractivity contribution is 5.77. The van der Waals surface area contributed by atoms with Crippen LogP contribution in [0.25, 0.3) is 0 Å². The quantitative estimate of drug-likeness (QED) is 0.648. The van der Waals surface area contributed by atoms with Crippen molar-refractivity contribution in [3.63, 3.8) is 0 Å². The van der Waals surface area contributed by atoms with Crippen LogP contribution < -0.4 is 0 Å². The number of nitrogens with zero attached hydrogens (tertiary/aromatic N) is 1. The van der Waals surface area contributed by atoms with Gasteiger partial charge in [-0.25, -0.2) is 0 Å². The molecule has 11 heavy (non-hydrogen) atoms. The molecule has 0 fully saturated rings. The molecule has 3 nitrogen and oxygen atoms in total. The van der Waals surface area contributed by atoms with Crippen molar-refractivity contribution in [3.8, 4) is 0 Å². The Morgan fingerprint density at radius 3 is 2.36 bits per heavy atom. The number of hydrogen-bond donors (Lipinski definition) is 1. The molecule has 0 heterocycles. The van der Waals surface area contributed by atoms with Crippen LogP contribution in [0.15, 0.2) is 0 Å². The van der Waals surface area contributed by atoms with Crippen LogP contribution >= 0.6 is 0 Å². The first-order chi connectivity index (χ1) is 5.11. The fourth-order valence-electron chi connectivity index (χ4n) is 0.948. The average Bonchev–Trinajstić information content (AvgIpc) is 1.98. The molecular weight excluding hydrogens is 142 g/mol. The van der Waals surface area contributed by atoms with Crippen LogP contribution in [0.2, 0.25) is 0 Å². The van der Waals surface area contributed by atoms with Gasteiger partial charge in [0, 0.05) is 13.1 Å². The minimum absolute atomic E-state index is 0.179. The molecule has 0 saturated carbocycles. The fraction of sp³-hybridized carbons (Fsp3) is 0.875. The van der Waals surface area contributed by atoms with Gasteiger partial charge in [0.15, 0.2) is 0 Å². The zero-order valence-corrected chi connectivity index (χ0v) is 7.50. The molecule has 0 unspecified atom stereocenters. The molecular formula is C8H17NO2. The first-order valence-corrected chi connectivity index (χ1v) is 4.00. The SMILES string of the molecule is CCN(CC(C)C)C(=O)CO. The molecule has 0 radical (unpaired) electrons. The van der Waals surface area contributed by atoms with E-state index in [2.05, 4.69) is 0 Å². The van der Waals surface area contributed by atoms with Gasteiger partial charge in [0.1, 0.15) is 6.61 Å². The predicted molar refractivity (Wildman–Crippen MR) is 44.2 cm³/mol. The molecule has 0 aliphatic carbocycles. The summed E-state index contributed by atoms with van der Waals surface area (Å²) in [4.78, 5) is 12.6. The number of aliphatic hydroxyl groups excluding tert-OH is 1. The van der Waals surface area contributed by atoms with Gasteiger partial charge in [0.05, 0.1) is 0 Å². The summed E-state index contributed by atoms with van der Waals surface area (Å²) in [6.45, 7) is 7.05. The molecule has 0 aromatic carbocycles. The average molecular weight is 159 g/mol. The van der Waals surface area contributed by atoms with Gasteiger partial charge < -0.3 is 10.0 Å². The standard InChI is InChI=1S/C8H17NO2/c1-4-9(5-7(2)3)8(11)6-10/h7,10H,4-6H2,1-3H3. The zero-order valence-electron chi connectivity index (χ0n) is 7.50. The molecule has 0 aliphatic heterocycles. The third kappa shape index (κ3) is 3.98. The Morgan fingerprint density at radius 2 is 2.09 bits per heavy atom. The normalized spacial score (nSPS) is 10.3. The van der Waals surface area contributed by atoms with Crippen LogP contribution in [0, 0.1) is 5.92 Å². The number of hydrogen-bond acceptors (Lipinski definition) is 2. The molecule has 0 aromatic heterocycles. The van der Waals surface area contributed by atoms with Crippen LogP contribution in [0.5, 0.6) is 0 Å². The van der Waals surface area contributed by atoms with Gasteiger partial charge >= 0.3 is 0 Å². The molecule has 0 aromatic rings. The third-order valence-corrected chi connectivity index (χ3v) is 1.46. The number of rotatable bonds is 4. The Bertz CT molecular complexity index is 123. The minimum atomic E-state index is -0.374. The summed E-state index contributed by atoms with van der Waals surface area (Å²) in [5.74, 6) is 0.284. The van der Waals surface area contributed by atoms with E-state index in [1.54, 1.807) is 4.90 Å². The van der Waals surface area contributed by atoms with Crippen LogP contribution in [-0.2, 0) is 4.79 Å². The topological polar surface area (TPSA) is 40.5 Å². The molecule has 0 spiro atoms. The molecule has 0 aliphatic rings. The van der Waals surface area contributed by atoms with Crippen LogP contribution in [-0.4, -0.2) is 35.6 Å². The highest BCUT2D eigenvalue weighted by Gasteiger charge is 2.10. The molecule has 0 atom stereocenters. The van der Waals surface area contributed by atoms with E-state index in [9.17, 15) is 4.79 Å². The lowest BCUT2D eigenvalue weighted by molar-refractivity contribution is -0.134.